The fourth-order valence-corrected chi connectivity index (χ4v) is 0.711. The van der Waals surface area contributed by atoms with Gasteiger partial charge in [0, 0.05) is 13.1 Å². The van der Waals surface area contributed by atoms with Crippen LogP contribution in [0.15, 0.2) is 12.2 Å². The van der Waals surface area contributed by atoms with Crippen LogP contribution in [0.2, 0.25) is 0 Å². The van der Waals surface area contributed by atoms with E-state index in [4.69, 9.17) is 5.11 Å². The molecule has 0 amide bonds. The lowest BCUT2D eigenvalue weighted by Gasteiger charge is -2.13. The predicted molar refractivity (Wildman–Crippen MR) is 39.4 cm³/mol. The average molecular weight is 129 g/mol. The van der Waals surface area contributed by atoms with Crippen LogP contribution in [-0.2, 0) is 0 Å². The maximum Gasteiger partial charge on any atom is 0.0558 e. The Bertz CT molecular complexity index is 90.9. The van der Waals surface area contributed by atoms with E-state index in [2.05, 4.69) is 6.58 Å². The highest BCUT2D eigenvalue weighted by Gasteiger charge is 1.94. The molecular formula is C7H15NO. The lowest BCUT2D eigenvalue weighted by atomic mass is 10.3. The average Bonchev–Trinajstić information content (AvgIpc) is 1.63. The first kappa shape index (κ1) is 8.66. The van der Waals surface area contributed by atoms with Gasteiger partial charge in [-0.1, -0.05) is 12.2 Å². The van der Waals surface area contributed by atoms with Crippen molar-refractivity contribution in [2.45, 2.75) is 6.92 Å². The Morgan fingerprint density at radius 2 is 2.22 bits per heavy atom. The van der Waals surface area contributed by atoms with Crippen LogP contribution in [0.1, 0.15) is 6.92 Å². The van der Waals surface area contributed by atoms with E-state index in [0.717, 1.165) is 18.7 Å². The molecule has 2 heteroatoms. The van der Waals surface area contributed by atoms with Crippen molar-refractivity contribution in [2.24, 2.45) is 0 Å². The molecule has 9 heavy (non-hydrogen) atoms. The minimum absolute atomic E-state index is 0.226. The summed E-state index contributed by atoms with van der Waals surface area (Å²) in [5, 5.41) is 8.48. The van der Waals surface area contributed by atoms with Crippen LogP contribution in [0.25, 0.3) is 0 Å². The van der Waals surface area contributed by atoms with Crippen LogP contribution in [-0.4, -0.2) is 36.8 Å². The van der Waals surface area contributed by atoms with Crippen molar-refractivity contribution in [1.29, 1.82) is 0 Å². The van der Waals surface area contributed by atoms with E-state index in [1.165, 1.54) is 0 Å². The standard InChI is InChI=1S/C7H15NO/c1-7(2)6-8(3)4-5-9/h9H,1,4-6H2,2-3H3. The molecule has 0 aromatic heterocycles. The molecule has 0 saturated heterocycles. The second-order valence-electron chi connectivity index (χ2n) is 2.42. The summed E-state index contributed by atoms with van der Waals surface area (Å²) in [5.41, 5.74) is 1.13. The Morgan fingerprint density at radius 1 is 1.67 bits per heavy atom. The van der Waals surface area contributed by atoms with Crippen LogP contribution in [0.3, 0.4) is 0 Å². The third kappa shape index (κ3) is 5.53. The van der Waals surface area contributed by atoms with Gasteiger partial charge in [-0.15, -0.1) is 0 Å². The van der Waals surface area contributed by atoms with E-state index in [0.29, 0.717) is 0 Å². The van der Waals surface area contributed by atoms with Gasteiger partial charge in [0.15, 0.2) is 0 Å². The highest BCUT2D eigenvalue weighted by atomic mass is 16.3. The summed E-state index contributed by atoms with van der Waals surface area (Å²) in [6, 6.07) is 0. The first-order chi connectivity index (χ1) is 4.16. The summed E-state index contributed by atoms with van der Waals surface area (Å²) in [5.74, 6) is 0. The topological polar surface area (TPSA) is 23.5 Å². The van der Waals surface area contributed by atoms with Gasteiger partial charge < -0.3 is 10.0 Å². The molecule has 0 aliphatic rings. The van der Waals surface area contributed by atoms with E-state index >= 15 is 0 Å². The van der Waals surface area contributed by atoms with Crippen molar-refractivity contribution >= 4 is 0 Å². The fourth-order valence-electron chi connectivity index (χ4n) is 0.711. The largest absolute Gasteiger partial charge is 0.395 e. The quantitative estimate of drug-likeness (QED) is 0.558. The third-order valence-electron chi connectivity index (χ3n) is 1.02. The zero-order valence-corrected chi connectivity index (χ0v) is 6.22. The maximum absolute atomic E-state index is 8.48. The molecule has 0 fully saturated rings. The number of hydrogen-bond donors (Lipinski definition) is 1. The molecule has 0 bridgehead atoms. The number of hydrogen-bond acceptors (Lipinski definition) is 2. The van der Waals surface area contributed by atoms with E-state index in [1.807, 2.05) is 18.9 Å². The lowest BCUT2D eigenvalue weighted by Crippen LogP contribution is -2.23. The summed E-state index contributed by atoms with van der Waals surface area (Å²) in [4.78, 5) is 2.03. The van der Waals surface area contributed by atoms with Gasteiger partial charge in [0.25, 0.3) is 0 Å². The van der Waals surface area contributed by atoms with Gasteiger partial charge >= 0.3 is 0 Å². The van der Waals surface area contributed by atoms with Crippen LogP contribution in [0.4, 0.5) is 0 Å². The Morgan fingerprint density at radius 3 is 2.56 bits per heavy atom. The van der Waals surface area contributed by atoms with Gasteiger partial charge in [-0.25, -0.2) is 0 Å². The van der Waals surface area contributed by atoms with E-state index in [1.54, 1.807) is 0 Å². The van der Waals surface area contributed by atoms with Gasteiger partial charge in [-0.05, 0) is 14.0 Å². The lowest BCUT2D eigenvalue weighted by molar-refractivity contribution is 0.230. The molecule has 0 aliphatic carbocycles. The van der Waals surface area contributed by atoms with Crippen molar-refractivity contribution in [3.05, 3.63) is 12.2 Å². The molecule has 0 atom stereocenters. The van der Waals surface area contributed by atoms with Gasteiger partial charge in [-0.2, -0.15) is 0 Å². The molecule has 0 unspecified atom stereocenters. The molecule has 0 spiro atoms. The molecule has 0 aromatic carbocycles. The SMILES string of the molecule is C=C(C)CN(C)CCO. The Labute approximate surface area is 56.8 Å². The van der Waals surface area contributed by atoms with E-state index in [-0.39, 0.29) is 6.61 Å². The van der Waals surface area contributed by atoms with Crippen molar-refractivity contribution in [3.63, 3.8) is 0 Å². The van der Waals surface area contributed by atoms with Crippen molar-refractivity contribution in [1.82, 2.24) is 4.90 Å². The Kier molecular flexibility index (Phi) is 4.36. The summed E-state index contributed by atoms with van der Waals surface area (Å²) in [6.07, 6.45) is 0. The predicted octanol–water partition coefficient (Wildman–Crippen LogP) is 0.487. The zero-order chi connectivity index (χ0) is 7.28. The minimum atomic E-state index is 0.226. The maximum atomic E-state index is 8.48. The Balaban J connectivity index is 3.26. The smallest absolute Gasteiger partial charge is 0.0558 e. The first-order valence-corrected chi connectivity index (χ1v) is 3.10. The number of rotatable bonds is 4. The fraction of sp³-hybridized carbons (Fsp3) is 0.714. The van der Waals surface area contributed by atoms with E-state index in [9.17, 15) is 0 Å². The van der Waals surface area contributed by atoms with Gasteiger partial charge in [0.2, 0.25) is 0 Å². The normalized spacial score (nSPS) is 10.2. The van der Waals surface area contributed by atoms with Crippen LogP contribution in [0.5, 0.6) is 0 Å². The minimum Gasteiger partial charge on any atom is -0.395 e. The zero-order valence-electron chi connectivity index (χ0n) is 6.22. The highest BCUT2D eigenvalue weighted by Crippen LogP contribution is 1.89. The van der Waals surface area contributed by atoms with Crippen molar-refractivity contribution < 1.29 is 5.11 Å². The monoisotopic (exact) mass is 129 g/mol. The number of nitrogens with zero attached hydrogens (tertiary/aromatic N) is 1. The van der Waals surface area contributed by atoms with Crippen LogP contribution < -0.4 is 0 Å². The first-order valence-electron chi connectivity index (χ1n) is 3.10. The number of aliphatic hydroxyl groups excluding tert-OH is 1. The van der Waals surface area contributed by atoms with Gasteiger partial charge in [0.1, 0.15) is 0 Å². The molecular weight excluding hydrogens is 114 g/mol. The molecule has 0 aliphatic heterocycles. The second-order valence-corrected chi connectivity index (χ2v) is 2.42. The van der Waals surface area contributed by atoms with Gasteiger partial charge in [-0.3, -0.25) is 0 Å². The molecule has 1 N–H and O–H groups in total. The van der Waals surface area contributed by atoms with Crippen LogP contribution in [0, 0.1) is 0 Å². The van der Waals surface area contributed by atoms with E-state index < -0.39 is 0 Å². The summed E-state index contributed by atoms with van der Waals surface area (Å²) < 4.78 is 0. The molecule has 0 radical (unpaired) electrons. The van der Waals surface area contributed by atoms with Crippen molar-refractivity contribution in [3.8, 4) is 0 Å². The molecule has 2 nitrogen and oxygen atoms in total. The molecule has 0 saturated carbocycles. The number of likely N-dealkylation sites (N-methyl/N-ethyl adjacent to an activating group) is 1. The third-order valence-corrected chi connectivity index (χ3v) is 1.02. The molecule has 54 valence electrons. The highest BCUT2D eigenvalue weighted by molar-refractivity contribution is 4.90. The van der Waals surface area contributed by atoms with Crippen LogP contribution >= 0.6 is 0 Å². The summed E-state index contributed by atoms with van der Waals surface area (Å²) in [6.45, 7) is 7.56. The molecule has 0 aromatic rings. The number of aliphatic hydroxyl groups is 1. The second kappa shape index (κ2) is 4.53. The van der Waals surface area contributed by atoms with Crippen molar-refractivity contribution in [2.75, 3.05) is 26.7 Å². The van der Waals surface area contributed by atoms with Gasteiger partial charge in [0.05, 0.1) is 6.61 Å². The molecule has 0 rings (SSSR count). The summed E-state index contributed by atoms with van der Waals surface area (Å²) in [7, 11) is 1.96. The molecule has 0 heterocycles. The Hall–Kier alpha value is -0.340. The summed E-state index contributed by atoms with van der Waals surface area (Å²) >= 11 is 0.